The molecule has 0 aliphatic rings. The Morgan fingerprint density at radius 3 is 2.29 bits per heavy atom. The van der Waals surface area contributed by atoms with Gasteiger partial charge in [0, 0.05) is 0 Å². The van der Waals surface area contributed by atoms with E-state index in [0.717, 1.165) is 0 Å². The molecule has 1 aromatic rings. The Labute approximate surface area is 88.1 Å². The fraction of sp³-hybridized carbons (Fsp3) is 0.222. The van der Waals surface area contributed by atoms with Crippen molar-refractivity contribution in [2.45, 2.75) is 6.04 Å². The molecule has 0 aliphatic heterocycles. The van der Waals surface area contributed by atoms with Crippen molar-refractivity contribution in [2.75, 3.05) is 7.11 Å². The number of nitrogens with two attached hydrogens (primary N) is 1. The summed E-state index contributed by atoms with van der Waals surface area (Å²) in [6.45, 7) is 0. The number of halogens is 1. The molecule has 3 N–H and O–H groups in total. The van der Waals surface area contributed by atoms with Crippen LogP contribution in [0.4, 0.5) is 0 Å². The van der Waals surface area contributed by atoms with Gasteiger partial charge in [-0.1, -0.05) is 12.1 Å². The van der Waals surface area contributed by atoms with Crippen LogP contribution in [-0.2, 0) is 4.79 Å². The summed E-state index contributed by atoms with van der Waals surface area (Å²) in [5, 5.41) is 8.61. The van der Waals surface area contributed by atoms with Crippen LogP contribution in [-0.4, -0.2) is 18.2 Å². The second-order valence-corrected chi connectivity index (χ2v) is 2.59. The molecule has 1 aromatic carbocycles. The number of benzene rings is 1. The molecule has 1 rings (SSSR count). The Morgan fingerprint density at radius 1 is 1.43 bits per heavy atom. The summed E-state index contributed by atoms with van der Waals surface area (Å²) in [5.74, 6) is -0.355. The van der Waals surface area contributed by atoms with E-state index in [1.54, 1.807) is 31.4 Å². The van der Waals surface area contributed by atoms with Crippen LogP contribution >= 0.6 is 12.4 Å². The number of carboxylic acid groups (broad SMARTS) is 1. The van der Waals surface area contributed by atoms with Gasteiger partial charge in [-0.25, -0.2) is 0 Å². The third-order valence-electron chi connectivity index (χ3n) is 1.74. The SMILES string of the molecule is COc1ccc([C@H](N)C(=O)O)cc1.Cl. The van der Waals surface area contributed by atoms with Crippen molar-refractivity contribution >= 4 is 18.4 Å². The molecular weight excluding hydrogens is 206 g/mol. The molecule has 78 valence electrons. The lowest BCUT2D eigenvalue weighted by Gasteiger charge is -2.06. The molecule has 0 bridgehead atoms. The smallest absolute Gasteiger partial charge is 0.325 e. The highest BCUT2D eigenvalue weighted by molar-refractivity contribution is 5.85. The largest absolute Gasteiger partial charge is 0.497 e. The number of aliphatic carboxylic acids is 1. The lowest BCUT2D eigenvalue weighted by Crippen LogP contribution is -2.20. The van der Waals surface area contributed by atoms with Gasteiger partial charge in [-0.2, -0.15) is 0 Å². The van der Waals surface area contributed by atoms with Crippen molar-refractivity contribution < 1.29 is 14.6 Å². The van der Waals surface area contributed by atoms with Crippen molar-refractivity contribution in [1.29, 1.82) is 0 Å². The van der Waals surface area contributed by atoms with E-state index < -0.39 is 12.0 Å². The van der Waals surface area contributed by atoms with E-state index in [9.17, 15) is 4.79 Å². The maximum atomic E-state index is 10.5. The van der Waals surface area contributed by atoms with Crippen molar-refractivity contribution in [3.8, 4) is 5.75 Å². The Hall–Kier alpha value is -1.26. The third kappa shape index (κ3) is 2.90. The Kier molecular flexibility index (Phi) is 4.97. The summed E-state index contributed by atoms with van der Waals surface area (Å²) < 4.78 is 4.92. The third-order valence-corrected chi connectivity index (χ3v) is 1.74. The van der Waals surface area contributed by atoms with Gasteiger partial charge in [-0.3, -0.25) is 4.79 Å². The maximum absolute atomic E-state index is 10.5. The highest BCUT2D eigenvalue weighted by atomic mass is 35.5. The van der Waals surface area contributed by atoms with Crippen LogP contribution in [0.15, 0.2) is 24.3 Å². The fourth-order valence-corrected chi connectivity index (χ4v) is 0.954. The van der Waals surface area contributed by atoms with Crippen LogP contribution in [0.1, 0.15) is 11.6 Å². The normalized spacial score (nSPS) is 11.3. The fourth-order valence-electron chi connectivity index (χ4n) is 0.954. The van der Waals surface area contributed by atoms with Gasteiger partial charge in [0.1, 0.15) is 11.8 Å². The number of ether oxygens (including phenoxy) is 1. The molecule has 4 nitrogen and oxygen atoms in total. The molecule has 0 unspecified atom stereocenters. The lowest BCUT2D eigenvalue weighted by atomic mass is 10.1. The minimum atomic E-state index is -1.04. The van der Waals surface area contributed by atoms with E-state index in [1.807, 2.05) is 0 Å². The van der Waals surface area contributed by atoms with Crippen LogP contribution in [0.3, 0.4) is 0 Å². The van der Waals surface area contributed by atoms with Crippen LogP contribution in [0.2, 0.25) is 0 Å². The predicted octanol–water partition coefficient (Wildman–Crippen LogP) is 1.20. The van der Waals surface area contributed by atoms with Gasteiger partial charge in [0.15, 0.2) is 0 Å². The zero-order valence-electron chi connectivity index (χ0n) is 7.64. The minimum absolute atomic E-state index is 0. The van der Waals surface area contributed by atoms with Crippen molar-refractivity contribution in [1.82, 2.24) is 0 Å². The first-order chi connectivity index (χ1) is 6.15. The van der Waals surface area contributed by atoms with Crippen molar-refractivity contribution in [3.05, 3.63) is 29.8 Å². The Balaban J connectivity index is 0.00000169. The molecule has 0 aliphatic carbocycles. The van der Waals surface area contributed by atoms with E-state index in [1.165, 1.54) is 0 Å². The zero-order valence-corrected chi connectivity index (χ0v) is 8.45. The van der Waals surface area contributed by atoms with Gasteiger partial charge in [-0.05, 0) is 17.7 Å². The highest BCUT2D eigenvalue weighted by Gasteiger charge is 2.13. The van der Waals surface area contributed by atoms with Gasteiger partial charge in [0.2, 0.25) is 0 Å². The summed E-state index contributed by atoms with van der Waals surface area (Å²) in [4.78, 5) is 10.5. The zero-order chi connectivity index (χ0) is 9.84. The average Bonchev–Trinajstić information content (AvgIpc) is 2.17. The standard InChI is InChI=1S/C9H11NO3.ClH/c1-13-7-4-2-6(3-5-7)8(10)9(11)12;/h2-5,8H,10H2,1H3,(H,11,12);1H/t8-;/m0./s1. The van der Waals surface area contributed by atoms with Crippen molar-refractivity contribution in [2.24, 2.45) is 5.73 Å². The molecule has 0 aromatic heterocycles. The number of methoxy groups -OCH3 is 1. The quantitative estimate of drug-likeness (QED) is 0.798. The molecule has 1 atom stereocenters. The molecule has 0 saturated heterocycles. The first-order valence-electron chi connectivity index (χ1n) is 3.77. The lowest BCUT2D eigenvalue weighted by molar-refractivity contribution is -0.138. The van der Waals surface area contributed by atoms with Gasteiger partial charge < -0.3 is 15.6 Å². The topological polar surface area (TPSA) is 72.5 Å². The van der Waals surface area contributed by atoms with Crippen LogP contribution in [0.25, 0.3) is 0 Å². The van der Waals surface area contributed by atoms with Gasteiger partial charge in [0.05, 0.1) is 7.11 Å². The van der Waals surface area contributed by atoms with E-state index in [4.69, 9.17) is 15.6 Å². The van der Waals surface area contributed by atoms with Crippen LogP contribution in [0, 0.1) is 0 Å². The molecule has 0 saturated carbocycles. The number of carboxylic acids is 1. The minimum Gasteiger partial charge on any atom is -0.497 e. The van der Waals surface area contributed by atoms with E-state index in [2.05, 4.69) is 0 Å². The first kappa shape index (κ1) is 12.7. The summed E-state index contributed by atoms with van der Waals surface area (Å²) in [7, 11) is 1.55. The second-order valence-electron chi connectivity index (χ2n) is 2.59. The molecule has 0 amide bonds. The number of carbonyl (C=O) groups is 1. The Bertz CT molecular complexity index is 299. The molecule has 5 heteroatoms. The number of hydrogen-bond donors (Lipinski definition) is 2. The van der Waals surface area contributed by atoms with Gasteiger partial charge in [0.25, 0.3) is 0 Å². The number of rotatable bonds is 3. The first-order valence-corrected chi connectivity index (χ1v) is 3.77. The van der Waals surface area contributed by atoms with Gasteiger partial charge >= 0.3 is 5.97 Å². The molecule has 0 fully saturated rings. The summed E-state index contributed by atoms with van der Waals surface area (Å²) in [6, 6.07) is 5.66. The van der Waals surface area contributed by atoms with Crippen LogP contribution < -0.4 is 10.5 Å². The molecular formula is C9H12ClNO3. The van der Waals surface area contributed by atoms with Gasteiger partial charge in [-0.15, -0.1) is 12.4 Å². The van der Waals surface area contributed by atoms with E-state index in [-0.39, 0.29) is 12.4 Å². The highest BCUT2D eigenvalue weighted by Crippen LogP contribution is 2.15. The molecule has 0 spiro atoms. The van der Waals surface area contributed by atoms with E-state index in [0.29, 0.717) is 11.3 Å². The second kappa shape index (κ2) is 5.47. The average molecular weight is 218 g/mol. The predicted molar refractivity (Wildman–Crippen MR) is 54.8 cm³/mol. The summed E-state index contributed by atoms with van der Waals surface area (Å²) in [5.41, 5.74) is 5.95. The van der Waals surface area contributed by atoms with Crippen molar-refractivity contribution in [3.63, 3.8) is 0 Å². The molecule has 14 heavy (non-hydrogen) atoms. The van der Waals surface area contributed by atoms with E-state index >= 15 is 0 Å². The summed E-state index contributed by atoms with van der Waals surface area (Å²) >= 11 is 0. The summed E-state index contributed by atoms with van der Waals surface area (Å²) in [6.07, 6.45) is 0. The number of hydrogen-bond acceptors (Lipinski definition) is 3. The molecule has 0 radical (unpaired) electrons. The van der Waals surface area contributed by atoms with Crippen LogP contribution in [0.5, 0.6) is 5.75 Å². The Morgan fingerprint density at radius 2 is 1.93 bits per heavy atom. The monoisotopic (exact) mass is 217 g/mol. The maximum Gasteiger partial charge on any atom is 0.325 e. The molecule has 0 heterocycles.